The summed E-state index contributed by atoms with van der Waals surface area (Å²) in [5.41, 5.74) is 5.27. The number of thioether (sulfide) groups is 1. The van der Waals surface area contributed by atoms with E-state index in [0.717, 1.165) is 16.6 Å². The molecule has 3 N–H and O–H groups in total. The first-order valence-electron chi connectivity index (χ1n) is 4.09. The Morgan fingerprint density at radius 3 is 3.00 bits per heavy atom. The standard InChI is InChI=1S/C7H13N3OS2/c1-2-6-9-7(13-10-6)12-4-5(11)3-8/h5,11H,2-4,8H2,1H3. The second kappa shape index (κ2) is 5.54. The van der Waals surface area contributed by atoms with Crippen LogP contribution in [-0.2, 0) is 6.42 Å². The Balaban J connectivity index is 2.36. The lowest BCUT2D eigenvalue weighted by atomic mass is 10.4. The number of aryl methyl sites for hydroxylation is 1. The van der Waals surface area contributed by atoms with Crippen LogP contribution in [0.5, 0.6) is 0 Å². The van der Waals surface area contributed by atoms with Crippen LogP contribution in [0.25, 0.3) is 0 Å². The number of hydrogen-bond acceptors (Lipinski definition) is 6. The lowest BCUT2D eigenvalue weighted by molar-refractivity contribution is 0.208. The molecule has 0 saturated carbocycles. The molecule has 0 radical (unpaired) electrons. The van der Waals surface area contributed by atoms with E-state index in [1.165, 1.54) is 23.3 Å². The number of nitrogens with zero attached hydrogens (tertiary/aromatic N) is 2. The molecule has 1 atom stereocenters. The van der Waals surface area contributed by atoms with Gasteiger partial charge in [-0.15, -0.1) is 0 Å². The number of rotatable bonds is 5. The summed E-state index contributed by atoms with van der Waals surface area (Å²) in [6.45, 7) is 2.32. The molecule has 0 bridgehead atoms. The topological polar surface area (TPSA) is 72.0 Å². The summed E-state index contributed by atoms with van der Waals surface area (Å²) in [5, 5.41) is 9.19. The molecule has 0 saturated heterocycles. The lowest BCUT2D eigenvalue weighted by Gasteiger charge is -2.03. The second-order valence-corrected chi connectivity index (χ2v) is 4.55. The predicted octanol–water partition coefficient (Wildman–Crippen LogP) is 0.512. The van der Waals surface area contributed by atoms with Gasteiger partial charge in [0.25, 0.3) is 0 Å². The van der Waals surface area contributed by atoms with Crippen molar-refractivity contribution >= 4 is 23.3 Å². The van der Waals surface area contributed by atoms with Gasteiger partial charge in [0.15, 0.2) is 4.34 Å². The minimum atomic E-state index is -0.445. The molecule has 1 unspecified atom stereocenters. The third kappa shape index (κ3) is 3.60. The van der Waals surface area contributed by atoms with Crippen molar-refractivity contribution in [2.45, 2.75) is 23.8 Å². The van der Waals surface area contributed by atoms with Crippen LogP contribution in [0.2, 0.25) is 0 Å². The zero-order valence-electron chi connectivity index (χ0n) is 7.43. The predicted molar refractivity (Wildman–Crippen MR) is 55.1 cm³/mol. The van der Waals surface area contributed by atoms with Crippen molar-refractivity contribution in [1.29, 1.82) is 0 Å². The van der Waals surface area contributed by atoms with Gasteiger partial charge in [-0.3, -0.25) is 0 Å². The Morgan fingerprint density at radius 1 is 1.69 bits per heavy atom. The van der Waals surface area contributed by atoms with Gasteiger partial charge in [-0.1, -0.05) is 18.7 Å². The summed E-state index contributed by atoms with van der Waals surface area (Å²) in [6, 6.07) is 0. The molecule has 74 valence electrons. The molecule has 0 aromatic carbocycles. The van der Waals surface area contributed by atoms with Crippen LogP contribution in [0.4, 0.5) is 0 Å². The highest BCUT2D eigenvalue weighted by Gasteiger charge is 2.06. The van der Waals surface area contributed by atoms with Crippen molar-refractivity contribution in [2.24, 2.45) is 5.73 Å². The molecule has 0 fully saturated rings. The van der Waals surface area contributed by atoms with Crippen LogP contribution in [-0.4, -0.2) is 32.9 Å². The maximum Gasteiger partial charge on any atom is 0.170 e. The highest BCUT2D eigenvalue weighted by atomic mass is 32.2. The molecule has 6 heteroatoms. The van der Waals surface area contributed by atoms with E-state index in [0.29, 0.717) is 12.3 Å². The average molecular weight is 219 g/mol. The lowest BCUT2D eigenvalue weighted by Crippen LogP contribution is -2.21. The van der Waals surface area contributed by atoms with Crippen molar-refractivity contribution in [3.63, 3.8) is 0 Å². The molecule has 0 aliphatic heterocycles. The van der Waals surface area contributed by atoms with Gasteiger partial charge in [0.05, 0.1) is 6.10 Å². The first-order chi connectivity index (χ1) is 6.26. The van der Waals surface area contributed by atoms with E-state index in [1.807, 2.05) is 6.92 Å². The van der Waals surface area contributed by atoms with Crippen LogP contribution < -0.4 is 5.73 Å². The fourth-order valence-electron chi connectivity index (χ4n) is 0.676. The summed E-state index contributed by atoms with van der Waals surface area (Å²) >= 11 is 2.88. The fraction of sp³-hybridized carbons (Fsp3) is 0.714. The average Bonchev–Trinajstić information content (AvgIpc) is 2.61. The Bertz CT molecular complexity index is 254. The van der Waals surface area contributed by atoms with E-state index in [1.54, 1.807) is 0 Å². The van der Waals surface area contributed by atoms with E-state index in [4.69, 9.17) is 5.73 Å². The fourth-order valence-corrected chi connectivity index (χ4v) is 2.34. The summed E-state index contributed by atoms with van der Waals surface area (Å²) in [4.78, 5) is 4.25. The molecule has 0 aliphatic rings. The Labute approximate surface area is 85.7 Å². The van der Waals surface area contributed by atoms with Crippen molar-refractivity contribution in [2.75, 3.05) is 12.3 Å². The zero-order valence-corrected chi connectivity index (χ0v) is 9.07. The number of aromatic nitrogens is 2. The summed E-state index contributed by atoms with van der Waals surface area (Å²) < 4.78 is 5.04. The Kier molecular flexibility index (Phi) is 4.65. The van der Waals surface area contributed by atoms with Crippen LogP contribution in [0, 0.1) is 0 Å². The molecular weight excluding hydrogens is 206 g/mol. The molecule has 1 heterocycles. The molecule has 0 amide bonds. The molecule has 1 rings (SSSR count). The second-order valence-electron chi connectivity index (χ2n) is 2.53. The first-order valence-corrected chi connectivity index (χ1v) is 5.85. The van der Waals surface area contributed by atoms with Crippen molar-refractivity contribution in [3.05, 3.63) is 5.82 Å². The van der Waals surface area contributed by atoms with E-state index >= 15 is 0 Å². The number of hydrogen-bond donors (Lipinski definition) is 2. The minimum Gasteiger partial charge on any atom is -0.391 e. The van der Waals surface area contributed by atoms with E-state index in [-0.39, 0.29) is 0 Å². The van der Waals surface area contributed by atoms with Gasteiger partial charge in [0.2, 0.25) is 0 Å². The molecule has 4 nitrogen and oxygen atoms in total. The number of nitrogens with two attached hydrogens (primary N) is 1. The number of aliphatic hydroxyl groups excluding tert-OH is 1. The maximum atomic E-state index is 9.19. The summed E-state index contributed by atoms with van der Waals surface area (Å²) in [5.74, 6) is 1.46. The molecule has 13 heavy (non-hydrogen) atoms. The van der Waals surface area contributed by atoms with Crippen molar-refractivity contribution < 1.29 is 5.11 Å². The first kappa shape index (κ1) is 10.9. The SMILES string of the molecule is CCc1nsc(SCC(O)CN)n1. The largest absolute Gasteiger partial charge is 0.391 e. The molecule has 0 spiro atoms. The molecule has 1 aromatic heterocycles. The van der Waals surface area contributed by atoms with Crippen LogP contribution in [0.15, 0.2) is 4.34 Å². The van der Waals surface area contributed by atoms with Gasteiger partial charge < -0.3 is 10.8 Å². The van der Waals surface area contributed by atoms with Gasteiger partial charge in [-0.2, -0.15) is 4.37 Å². The van der Waals surface area contributed by atoms with Gasteiger partial charge in [0, 0.05) is 18.7 Å². The van der Waals surface area contributed by atoms with Crippen LogP contribution in [0.3, 0.4) is 0 Å². The van der Waals surface area contributed by atoms with E-state index in [9.17, 15) is 5.11 Å². The van der Waals surface area contributed by atoms with Crippen molar-refractivity contribution in [1.82, 2.24) is 9.36 Å². The normalized spacial score (nSPS) is 13.2. The Morgan fingerprint density at radius 2 is 2.46 bits per heavy atom. The maximum absolute atomic E-state index is 9.19. The zero-order chi connectivity index (χ0) is 9.68. The minimum absolute atomic E-state index is 0.298. The molecule has 0 aliphatic carbocycles. The highest BCUT2D eigenvalue weighted by Crippen LogP contribution is 2.20. The highest BCUT2D eigenvalue weighted by molar-refractivity contribution is 8.00. The van der Waals surface area contributed by atoms with Crippen LogP contribution in [0.1, 0.15) is 12.7 Å². The quantitative estimate of drug-likeness (QED) is 0.706. The summed E-state index contributed by atoms with van der Waals surface area (Å²) in [6.07, 6.45) is 0.412. The smallest absolute Gasteiger partial charge is 0.170 e. The van der Waals surface area contributed by atoms with Gasteiger partial charge in [0.1, 0.15) is 5.82 Å². The van der Waals surface area contributed by atoms with Gasteiger partial charge >= 0.3 is 0 Å². The van der Waals surface area contributed by atoms with Gasteiger partial charge in [-0.25, -0.2) is 4.98 Å². The summed E-state index contributed by atoms with van der Waals surface area (Å²) in [7, 11) is 0. The van der Waals surface area contributed by atoms with Gasteiger partial charge in [-0.05, 0) is 11.5 Å². The molecule has 1 aromatic rings. The monoisotopic (exact) mass is 219 g/mol. The third-order valence-corrected chi connectivity index (χ3v) is 3.45. The Hall–Kier alpha value is -0.170. The van der Waals surface area contributed by atoms with E-state index < -0.39 is 6.10 Å². The van der Waals surface area contributed by atoms with E-state index in [2.05, 4.69) is 9.36 Å². The number of aliphatic hydroxyl groups is 1. The van der Waals surface area contributed by atoms with Crippen LogP contribution >= 0.6 is 23.3 Å². The van der Waals surface area contributed by atoms with Crippen molar-refractivity contribution in [3.8, 4) is 0 Å². The third-order valence-electron chi connectivity index (χ3n) is 1.44. The molecular formula is C7H13N3OS2.